The lowest BCUT2D eigenvalue weighted by Crippen LogP contribution is -2.33. The molecule has 2 heterocycles. The molecule has 3 aromatic rings. The molecule has 4 rings (SSSR count). The zero-order chi connectivity index (χ0) is 21.8. The molecule has 6 heteroatoms. The second-order valence-corrected chi connectivity index (χ2v) is 8.75. The van der Waals surface area contributed by atoms with E-state index in [4.69, 9.17) is 0 Å². The van der Waals surface area contributed by atoms with Gasteiger partial charge in [-0.2, -0.15) is 13.2 Å². The number of piperidine rings is 1. The largest absolute Gasteiger partial charge is 0.416 e. The van der Waals surface area contributed by atoms with E-state index in [0.717, 1.165) is 24.2 Å². The predicted octanol–water partition coefficient (Wildman–Crippen LogP) is 7.50. The highest BCUT2D eigenvalue weighted by molar-refractivity contribution is 5.85. The zero-order valence-corrected chi connectivity index (χ0v) is 19.4. The van der Waals surface area contributed by atoms with E-state index in [-0.39, 0.29) is 12.4 Å². The monoisotopic (exact) mass is 464 g/mol. The Balaban J connectivity index is 0.00000289. The molecule has 2 nitrogen and oxygen atoms in total. The van der Waals surface area contributed by atoms with Gasteiger partial charge < -0.3 is 9.47 Å². The summed E-state index contributed by atoms with van der Waals surface area (Å²) in [6.45, 7) is 6.32. The third kappa shape index (κ3) is 5.68. The molecule has 1 fully saturated rings. The molecular weight excluding hydrogens is 433 g/mol. The minimum absolute atomic E-state index is 0. The van der Waals surface area contributed by atoms with Crippen LogP contribution in [0.3, 0.4) is 0 Å². The maximum Gasteiger partial charge on any atom is 0.416 e. The molecule has 0 saturated carbocycles. The fourth-order valence-corrected chi connectivity index (χ4v) is 4.78. The van der Waals surface area contributed by atoms with Gasteiger partial charge in [0.1, 0.15) is 0 Å². The van der Waals surface area contributed by atoms with Crippen molar-refractivity contribution < 1.29 is 13.2 Å². The number of benzene rings is 2. The lowest BCUT2D eigenvalue weighted by molar-refractivity contribution is -0.137. The van der Waals surface area contributed by atoms with E-state index in [9.17, 15) is 13.2 Å². The van der Waals surface area contributed by atoms with Crippen LogP contribution in [0.2, 0.25) is 0 Å². The molecule has 1 aliphatic rings. The first-order valence-electron chi connectivity index (χ1n) is 11.4. The third-order valence-corrected chi connectivity index (χ3v) is 6.56. The molecule has 0 aliphatic carbocycles. The summed E-state index contributed by atoms with van der Waals surface area (Å²) >= 11 is 0. The maximum absolute atomic E-state index is 12.9. The van der Waals surface area contributed by atoms with Gasteiger partial charge in [0.15, 0.2) is 0 Å². The second-order valence-electron chi connectivity index (χ2n) is 8.75. The van der Waals surface area contributed by atoms with Gasteiger partial charge in [-0.15, -0.1) is 12.4 Å². The Labute approximate surface area is 194 Å². The predicted molar refractivity (Wildman–Crippen MR) is 128 cm³/mol. The summed E-state index contributed by atoms with van der Waals surface area (Å²) in [7, 11) is 0. The molecule has 1 aromatic heterocycles. The van der Waals surface area contributed by atoms with E-state index in [1.54, 1.807) is 12.1 Å². The van der Waals surface area contributed by atoms with Gasteiger partial charge in [-0.3, -0.25) is 0 Å². The molecule has 0 bridgehead atoms. The molecule has 1 aliphatic heterocycles. The summed E-state index contributed by atoms with van der Waals surface area (Å²) < 4.78 is 40.8. The standard InChI is InChI=1S/C26H31F3N2.ClH/c1-2-3-6-15-30-16-13-21(14-17-30)24-19-31(25-8-5-4-7-23(24)25)18-20-9-11-22(12-10-20)26(27,28)29;/h4-5,7-12,19,21H,2-3,6,13-18H2,1H3;1H. The number of aromatic nitrogens is 1. The number of nitrogens with zero attached hydrogens (tertiary/aromatic N) is 2. The van der Waals surface area contributed by atoms with Crippen LogP contribution in [0.25, 0.3) is 10.9 Å². The molecule has 0 spiro atoms. The Morgan fingerprint density at radius 1 is 0.938 bits per heavy atom. The third-order valence-electron chi connectivity index (χ3n) is 6.56. The molecule has 0 radical (unpaired) electrons. The van der Waals surface area contributed by atoms with Crippen LogP contribution in [0.5, 0.6) is 0 Å². The summed E-state index contributed by atoms with van der Waals surface area (Å²) in [4.78, 5) is 2.59. The van der Waals surface area contributed by atoms with Crippen molar-refractivity contribution in [2.75, 3.05) is 19.6 Å². The number of fused-ring (bicyclic) bond motifs is 1. The topological polar surface area (TPSA) is 8.17 Å². The van der Waals surface area contributed by atoms with Gasteiger partial charge in [0.2, 0.25) is 0 Å². The quantitative estimate of drug-likeness (QED) is 0.328. The fourth-order valence-electron chi connectivity index (χ4n) is 4.78. The summed E-state index contributed by atoms with van der Waals surface area (Å²) in [5, 5.41) is 1.28. The summed E-state index contributed by atoms with van der Waals surface area (Å²) in [6.07, 6.45) is 4.12. The smallest absolute Gasteiger partial charge is 0.343 e. The van der Waals surface area contributed by atoms with Gasteiger partial charge in [0.25, 0.3) is 0 Å². The van der Waals surface area contributed by atoms with Crippen molar-refractivity contribution in [2.45, 2.75) is 57.7 Å². The van der Waals surface area contributed by atoms with E-state index >= 15 is 0 Å². The number of rotatable bonds is 7. The van der Waals surface area contributed by atoms with Crippen molar-refractivity contribution in [3.63, 3.8) is 0 Å². The van der Waals surface area contributed by atoms with E-state index < -0.39 is 11.7 Å². The molecule has 174 valence electrons. The van der Waals surface area contributed by atoms with Crippen LogP contribution in [0.1, 0.15) is 61.6 Å². The van der Waals surface area contributed by atoms with E-state index in [0.29, 0.717) is 12.5 Å². The number of hydrogen-bond acceptors (Lipinski definition) is 1. The Morgan fingerprint density at radius 3 is 2.28 bits per heavy atom. The zero-order valence-electron chi connectivity index (χ0n) is 18.6. The van der Waals surface area contributed by atoms with Crippen LogP contribution >= 0.6 is 12.4 Å². The summed E-state index contributed by atoms with van der Waals surface area (Å²) in [6, 6.07) is 13.9. The van der Waals surface area contributed by atoms with Crippen LogP contribution in [0.15, 0.2) is 54.7 Å². The van der Waals surface area contributed by atoms with Gasteiger partial charge in [-0.25, -0.2) is 0 Å². The van der Waals surface area contributed by atoms with Crippen LogP contribution in [0, 0.1) is 0 Å². The summed E-state index contributed by atoms with van der Waals surface area (Å²) in [5.74, 6) is 0.543. The highest BCUT2D eigenvalue weighted by atomic mass is 35.5. The van der Waals surface area contributed by atoms with Crippen molar-refractivity contribution in [1.29, 1.82) is 0 Å². The van der Waals surface area contributed by atoms with Gasteiger partial charge >= 0.3 is 6.18 Å². The Morgan fingerprint density at radius 2 is 1.62 bits per heavy atom. The molecule has 0 N–H and O–H groups in total. The number of unbranched alkanes of at least 4 members (excludes halogenated alkanes) is 2. The van der Waals surface area contributed by atoms with Crippen LogP contribution in [0.4, 0.5) is 13.2 Å². The van der Waals surface area contributed by atoms with Gasteiger partial charge in [-0.05, 0) is 74.1 Å². The number of likely N-dealkylation sites (tertiary alicyclic amines) is 1. The van der Waals surface area contributed by atoms with Crippen molar-refractivity contribution >= 4 is 23.3 Å². The molecule has 0 atom stereocenters. The van der Waals surface area contributed by atoms with Crippen LogP contribution in [-0.4, -0.2) is 29.1 Å². The first-order valence-corrected chi connectivity index (χ1v) is 11.4. The van der Waals surface area contributed by atoms with E-state index in [1.807, 2.05) is 6.07 Å². The number of halogens is 4. The van der Waals surface area contributed by atoms with Gasteiger partial charge in [-0.1, -0.05) is 50.1 Å². The molecule has 32 heavy (non-hydrogen) atoms. The lowest BCUT2D eigenvalue weighted by Gasteiger charge is -2.32. The first-order chi connectivity index (χ1) is 15.0. The Kier molecular flexibility index (Phi) is 8.29. The molecular formula is C26H32ClF3N2. The van der Waals surface area contributed by atoms with Crippen LogP contribution in [-0.2, 0) is 12.7 Å². The second kappa shape index (κ2) is 10.8. The molecule has 0 amide bonds. The SMILES string of the molecule is CCCCCN1CCC(c2cn(Cc3ccc(C(F)(F)F)cc3)c3ccccc23)CC1.Cl. The van der Waals surface area contributed by atoms with E-state index in [2.05, 4.69) is 40.8 Å². The van der Waals surface area contributed by atoms with Crippen molar-refractivity contribution in [3.8, 4) is 0 Å². The maximum atomic E-state index is 12.9. The average Bonchev–Trinajstić information content (AvgIpc) is 3.13. The van der Waals surface area contributed by atoms with Crippen molar-refractivity contribution in [1.82, 2.24) is 9.47 Å². The highest BCUT2D eigenvalue weighted by Crippen LogP contribution is 2.35. The summed E-state index contributed by atoms with van der Waals surface area (Å²) in [5.41, 5.74) is 2.82. The lowest BCUT2D eigenvalue weighted by atomic mass is 9.89. The first kappa shape index (κ1) is 24.7. The van der Waals surface area contributed by atoms with Gasteiger partial charge in [0.05, 0.1) is 5.56 Å². The van der Waals surface area contributed by atoms with Crippen LogP contribution < -0.4 is 0 Å². The Hall–Kier alpha value is -1.98. The highest BCUT2D eigenvalue weighted by Gasteiger charge is 2.30. The Bertz CT molecular complexity index is 986. The minimum Gasteiger partial charge on any atom is -0.343 e. The fraction of sp³-hybridized carbons (Fsp3) is 0.462. The number of alkyl halides is 3. The normalized spacial score (nSPS) is 15.8. The molecule has 1 saturated heterocycles. The number of hydrogen-bond donors (Lipinski definition) is 0. The molecule has 2 aromatic carbocycles. The van der Waals surface area contributed by atoms with Gasteiger partial charge in [0, 0.05) is 23.6 Å². The minimum atomic E-state index is -4.29. The number of para-hydroxylation sites is 1. The van der Waals surface area contributed by atoms with Crippen molar-refractivity contribution in [2.24, 2.45) is 0 Å². The molecule has 0 unspecified atom stereocenters. The van der Waals surface area contributed by atoms with Crippen molar-refractivity contribution in [3.05, 3.63) is 71.4 Å². The average molecular weight is 465 g/mol. The van der Waals surface area contributed by atoms with E-state index in [1.165, 1.54) is 61.7 Å².